The van der Waals surface area contributed by atoms with E-state index < -0.39 is 0 Å². The molecule has 1 aromatic heterocycles. The molecule has 1 unspecified atom stereocenters. The molecule has 1 aromatic carbocycles. The molecule has 0 spiro atoms. The summed E-state index contributed by atoms with van der Waals surface area (Å²) in [5.74, 6) is 0.840. The Labute approximate surface area is 136 Å². The molecule has 22 heavy (non-hydrogen) atoms. The van der Waals surface area contributed by atoms with Gasteiger partial charge in [-0.05, 0) is 36.4 Å². The summed E-state index contributed by atoms with van der Waals surface area (Å²) in [7, 11) is 0. The highest BCUT2D eigenvalue weighted by atomic mass is 32.1. The lowest BCUT2D eigenvalue weighted by molar-refractivity contribution is 0.0312. The maximum absolute atomic E-state index is 5.44. The Morgan fingerprint density at radius 1 is 1.09 bits per heavy atom. The second kappa shape index (κ2) is 6.67. The zero-order valence-electron chi connectivity index (χ0n) is 13.0. The van der Waals surface area contributed by atoms with Crippen molar-refractivity contribution >= 4 is 21.4 Å². The topological polar surface area (TPSA) is 15.7 Å². The SMILES string of the molecule is c1ccc2sc(CN3CCC(CN4CCOCC4)C3)cc2c1. The summed E-state index contributed by atoms with van der Waals surface area (Å²) in [5, 5.41) is 1.39. The molecule has 0 amide bonds. The van der Waals surface area contributed by atoms with Crippen LogP contribution < -0.4 is 0 Å². The van der Waals surface area contributed by atoms with E-state index in [0.717, 1.165) is 38.8 Å². The fourth-order valence-electron chi connectivity index (χ4n) is 3.69. The van der Waals surface area contributed by atoms with Gasteiger partial charge in [-0.3, -0.25) is 9.80 Å². The van der Waals surface area contributed by atoms with Gasteiger partial charge in [-0.1, -0.05) is 18.2 Å². The van der Waals surface area contributed by atoms with Crippen LogP contribution in [0, 0.1) is 5.92 Å². The molecule has 118 valence electrons. The standard InChI is InChI=1S/C18H24N2OS/c1-2-4-18-16(3-1)11-17(22-18)14-20-6-5-15(13-20)12-19-7-9-21-10-8-19/h1-4,11,15H,5-10,12-14H2. The number of ether oxygens (including phenoxy) is 1. The Morgan fingerprint density at radius 2 is 1.95 bits per heavy atom. The van der Waals surface area contributed by atoms with Gasteiger partial charge in [-0.25, -0.2) is 0 Å². The number of rotatable bonds is 4. The lowest BCUT2D eigenvalue weighted by Crippen LogP contribution is -2.39. The molecule has 2 aliphatic rings. The Hall–Kier alpha value is -0.940. The maximum Gasteiger partial charge on any atom is 0.0594 e. The van der Waals surface area contributed by atoms with Gasteiger partial charge in [0, 0.05) is 42.3 Å². The van der Waals surface area contributed by atoms with Gasteiger partial charge in [0.25, 0.3) is 0 Å². The smallest absolute Gasteiger partial charge is 0.0594 e. The number of hydrogen-bond donors (Lipinski definition) is 0. The molecular weight excluding hydrogens is 292 g/mol. The fourth-order valence-corrected chi connectivity index (χ4v) is 4.80. The van der Waals surface area contributed by atoms with E-state index in [1.165, 1.54) is 41.0 Å². The largest absolute Gasteiger partial charge is 0.379 e. The first-order valence-corrected chi connectivity index (χ1v) is 9.18. The third-order valence-electron chi connectivity index (χ3n) is 4.85. The number of benzene rings is 1. The van der Waals surface area contributed by atoms with Gasteiger partial charge in [0.2, 0.25) is 0 Å². The molecule has 2 saturated heterocycles. The summed E-state index contributed by atoms with van der Waals surface area (Å²) in [4.78, 5) is 6.72. The third kappa shape index (κ3) is 3.35. The molecule has 3 heterocycles. The molecule has 0 saturated carbocycles. The van der Waals surface area contributed by atoms with Gasteiger partial charge in [-0.15, -0.1) is 11.3 Å². The van der Waals surface area contributed by atoms with E-state index in [2.05, 4.69) is 40.1 Å². The van der Waals surface area contributed by atoms with E-state index in [1.54, 1.807) is 0 Å². The molecule has 0 bridgehead atoms. The molecule has 2 fully saturated rings. The van der Waals surface area contributed by atoms with Crippen LogP contribution in [0.3, 0.4) is 0 Å². The molecule has 4 rings (SSSR count). The lowest BCUT2D eigenvalue weighted by atomic mass is 10.1. The first kappa shape index (κ1) is 14.6. The van der Waals surface area contributed by atoms with Crippen LogP contribution in [0.1, 0.15) is 11.3 Å². The summed E-state index contributed by atoms with van der Waals surface area (Å²) >= 11 is 1.95. The predicted molar refractivity (Wildman–Crippen MR) is 92.5 cm³/mol. The van der Waals surface area contributed by atoms with Crippen molar-refractivity contribution in [3.63, 3.8) is 0 Å². The molecule has 2 aromatic rings. The van der Waals surface area contributed by atoms with Crippen LogP contribution in [0.25, 0.3) is 10.1 Å². The van der Waals surface area contributed by atoms with Crippen molar-refractivity contribution in [2.75, 3.05) is 45.9 Å². The molecule has 0 aliphatic carbocycles. The highest BCUT2D eigenvalue weighted by Crippen LogP contribution is 2.28. The zero-order valence-corrected chi connectivity index (χ0v) is 13.9. The van der Waals surface area contributed by atoms with E-state index in [9.17, 15) is 0 Å². The van der Waals surface area contributed by atoms with Gasteiger partial charge >= 0.3 is 0 Å². The van der Waals surface area contributed by atoms with E-state index in [-0.39, 0.29) is 0 Å². The first-order valence-electron chi connectivity index (χ1n) is 8.37. The molecule has 3 nitrogen and oxygen atoms in total. The third-order valence-corrected chi connectivity index (χ3v) is 5.95. The van der Waals surface area contributed by atoms with Crippen LogP contribution in [0.5, 0.6) is 0 Å². The predicted octanol–water partition coefficient (Wildman–Crippen LogP) is 3.06. The summed E-state index contributed by atoms with van der Waals surface area (Å²) in [6, 6.07) is 11.1. The van der Waals surface area contributed by atoms with Crippen molar-refractivity contribution in [3.05, 3.63) is 35.2 Å². The molecule has 0 radical (unpaired) electrons. The normalized spacial score (nSPS) is 24.3. The number of hydrogen-bond acceptors (Lipinski definition) is 4. The monoisotopic (exact) mass is 316 g/mol. The molecule has 4 heteroatoms. The van der Waals surface area contributed by atoms with Crippen LogP contribution in [-0.4, -0.2) is 55.7 Å². The van der Waals surface area contributed by atoms with Crippen LogP contribution in [0.2, 0.25) is 0 Å². The Bertz CT molecular complexity index is 587. The Balaban J connectivity index is 1.32. The minimum absolute atomic E-state index is 0.840. The average molecular weight is 316 g/mol. The minimum atomic E-state index is 0.840. The second-order valence-electron chi connectivity index (χ2n) is 6.55. The second-order valence-corrected chi connectivity index (χ2v) is 7.72. The number of nitrogens with zero attached hydrogens (tertiary/aromatic N) is 2. The maximum atomic E-state index is 5.44. The van der Waals surface area contributed by atoms with Crippen molar-refractivity contribution in [3.8, 4) is 0 Å². The van der Waals surface area contributed by atoms with E-state index in [0.29, 0.717) is 0 Å². The first-order chi connectivity index (χ1) is 10.9. The Morgan fingerprint density at radius 3 is 2.82 bits per heavy atom. The van der Waals surface area contributed by atoms with Crippen molar-refractivity contribution in [1.29, 1.82) is 0 Å². The highest BCUT2D eigenvalue weighted by Gasteiger charge is 2.25. The van der Waals surface area contributed by atoms with Crippen LogP contribution in [0.4, 0.5) is 0 Å². The van der Waals surface area contributed by atoms with Gasteiger partial charge in [0.05, 0.1) is 13.2 Å². The lowest BCUT2D eigenvalue weighted by Gasteiger charge is -2.29. The van der Waals surface area contributed by atoms with E-state index >= 15 is 0 Å². The zero-order chi connectivity index (χ0) is 14.8. The van der Waals surface area contributed by atoms with E-state index in [1.807, 2.05) is 11.3 Å². The van der Waals surface area contributed by atoms with Crippen molar-refractivity contribution < 1.29 is 4.74 Å². The molecule has 2 aliphatic heterocycles. The van der Waals surface area contributed by atoms with Crippen molar-refractivity contribution in [2.24, 2.45) is 5.92 Å². The van der Waals surface area contributed by atoms with Gasteiger partial charge < -0.3 is 4.74 Å². The van der Waals surface area contributed by atoms with Crippen molar-refractivity contribution in [1.82, 2.24) is 9.80 Å². The quantitative estimate of drug-likeness (QED) is 0.862. The van der Waals surface area contributed by atoms with Gasteiger partial charge in [-0.2, -0.15) is 0 Å². The molecule has 1 atom stereocenters. The number of thiophene rings is 1. The van der Waals surface area contributed by atoms with E-state index in [4.69, 9.17) is 4.74 Å². The summed E-state index contributed by atoms with van der Waals surface area (Å²) in [6.07, 6.45) is 1.35. The van der Waals surface area contributed by atoms with Crippen LogP contribution >= 0.6 is 11.3 Å². The van der Waals surface area contributed by atoms with Gasteiger partial charge in [0.1, 0.15) is 0 Å². The summed E-state index contributed by atoms with van der Waals surface area (Å²) in [6.45, 7) is 8.95. The van der Waals surface area contributed by atoms with Crippen molar-refractivity contribution in [2.45, 2.75) is 13.0 Å². The molecule has 0 N–H and O–H groups in total. The molecular formula is C18H24N2OS. The van der Waals surface area contributed by atoms with Crippen LogP contribution in [-0.2, 0) is 11.3 Å². The minimum Gasteiger partial charge on any atom is -0.379 e. The fraction of sp³-hybridized carbons (Fsp3) is 0.556. The summed E-state index contributed by atoms with van der Waals surface area (Å²) in [5.41, 5.74) is 0. The number of morpholine rings is 1. The average Bonchev–Trinajstić information content (AvgIpc) is 3.14. The summed E-state index contributed by atoms with van der Waals surface area (Å²) < 4.78 is 6.86. The highest BCUT2D eigenvalue weighted by molar-refractivity contribution is 7.19. The van der Waals surface area contributed by atoms with Crippen LogP contribution in [0.15, 0.2) is 30.3 Å². The Kier molecular flexibility index (Phi) is 4.44. The number of likely N-dealkylation sites (tertiary alicyclic amines) is 1. The number of fused-ring (bicyclic) bond motifs is 1. The van der Waals surface area contributed by atoms with Gasteiger partial charge in [0.15, 0.2) is 0 Å².